The maximum Gasteiger partial charge on any atom is 0.178 e. The van der Waals surface area contributed by atoms with E-state index < -0.39 is 12.4 Å². The highest BCUT2D eigenvalue weighted by Gasteiger charge is 2.26. The molecule has 3 nitrogen and oxygen atoms in total. The van der Waals surface area contributed by atoms with Crippen molar-refractivity contribution >= 4 is 12.2 Å². The minimum Gasteiger partial charge on any atom is -0.389 e. The van der Waals surface area contributed by atoms with E-state index in [9.17, 15) is 15.3 Å². The monoisotopic (exact) mass is 422 g/mol. The minimum atomic E-state index is -1.44. The Hall–Kier alpha value is -2.20. The third-order valence-corrected chi connectivity index (χ3v) is 6.35. The number of hydrogen-bond donors (Lipinski definition) is 3. The second kappa shape index (κ2) is 11.4. The van der Waals surface area contributed by atoms with Crippen LogP contribution in [0.25, 0.3) is 12.2 Å². The van der Waals surface area contributed by atoms with Gasteiger partial charge in [0.1, 0.15) is 0 Å². The average molecular weight is 423 g/mol. The highest BCUT2D eigenvalue weighted by Crippen LogP contribution is 2.35. The molecule has 0 spiro atoms. The number of benzene rings is 2. The van der Waals surface area contributed by atoms with E-state index in [0.717, 1.165) is 30.4 Å². The molecule has 2 aromatic rings. The summed E-state index contributed by atoms with van der Waals surface area (Å²) in [5.74, 6) is 0.202. The van der Waals surface area contributed by atoms with Crippen LogP contribution in [0.1, 0.15) is 81.6 Å². The first-order chi connectivity index (χ1) is 14.8. The molecule has 1 atom stereocenters. The van der Waals surface area contributed by atoms with Crippen molar-refractivity contribution in [2.45, 2.75) is 71.7 Å². The quantitative estimate of drug-likeness (QED) is 0.410. The van der Waals surface area contributed by atoms with Gasteiger partial charge in [-0.15, -0.1) is 0 Å². The molecule has 1 unspecified atom stereocenters. The lowest BCUT2D eigenvalue weighted by atomic mass is 9.74. The molecule has 0 bridgehead atoms. The van der Waals surface area contributed by atoms with E-state index in [2.05, 4.69) is 51.1 Å². The first kappa shape index (κ1) is 25.1. The molecule has 0 amide bonds. The Kier molecular flexibility index (Phi) is 9.24. The van der Waals surface area contributed by atoms with E-state index in [1.165, 1.54) is 11.1 Å². The number of aliphatic hydroxyl groups excluding tert-OH is 2. The van der Waals surface area contributed by atoms with Crippen LogP contribution in [0, 0.1) is 5.92 Å². The smallest absolute Gasteiger partial charge is 0.178 e. The van der Waals surface area contributed by atoms with Crippen LogP contribution in [-0.4, -0.2) is 21.4 Å². The van der Waals surface area contributed by atoms with Gasteiger partial charge in [0.15, 0.2) is 6.29 Å². The first-order valence-corrected chi connectivity index (χ1v) is 11.4. The predicted octanol–water partition coefficient (Wildman–Crippen LogP) is 6.03. The number of aliphatic hydroxyl groups is 3. The van der Waals surface area contributed by atoms with Crippen LogP contribution in [0.5, 0.6) is 0 Å². The minimum absolute atomic E-state index is 0.0707. The Morgan fingerprint density at radius 1 is 0.871 bits per heavy atom. The lowest BCUT2D eigenvalue weighted by molar-refractivity contribution is -0.0424. The lowest BCUT2D eigenvalue weighted by Crippen LogP contribution is -2.21. The Bertz CT molecular complexity index is 872. The summed E-state index contributed by atoms with van der Waals surface area (Å²) in [7, 11) is 0. The summed E-state index contributed by atoms with van der Waals surface area (Å²) in [5.41, 5.74) is 5.20. The van der Waals surface area contributed by atoms with Crippen molar-refractivity contribution < 1.29 is 15.3 Å². The number of allylic oxidation sites excluding steroid dienone is 1. The zero-order valence-electron chi connectivity index (χ0n) is 19.5. The van der Waals surface area contributed by atoms with E-state index in [1.54, 1.807) is 12.1 Å². The van der Waals surface area contributed by atoms with Crippen LogP contribution in [0.2, 0.25) is 0 Å². The number of aryl methyl sites for hydroxylation is 1. The highest BCUT2D eigenvalue weighted by molar-refractivity contribution is 5.58. The summed E-state index contributed by atoms with van der Waals surface area (Å²) in [6.07, 6.45) is 9.36. The maximum atomic E-state index is 10.1. The maximum absolute atomic E-state index is 10.1. The molecular formula is C28H38O3. The van der Waals surface area contributed by atoms with Gasteiger partial charge in [-0.3, -0.25) is 0 Å². The summed E-state index contributed by atoms with van der Waals surface area (Å²) >= 11 is 0. The molecule has 0 aromatic heterocycles. The van der Waals surface area contributed by atoms with Gasteiger partial charge in [0, 0.05) is 11.0 Å². The Morgan fingerprint density at radius 2 is 1.52 bits per heavy atom. The molecule has 0 aliphatic rings. The Labute approximate surface area is 187 Å². The zero-order valence-corrected chi connectivity index (χ0v) is 19.5. The molecule has 0 fully saturated rings. The van der Waals surface area contributed by atoms with Gasteiger partial charge in [-0.25, -0.2) is 0 Å². The van der Waals surface area contributed by atoms with Gasteiger partial charge >= 0.3 is 0 Å². The van der Waals surface area contributed by atoms with Gasteiger partial charge in [-0.2, -0.15) is 0 Å². The van der Waals surface area contributed by atoms with E-state index in [1.807, 2.05) is 38.1 Å². The van der Waals surface area contributed by atoms with Crippen molar-refractivity contribution in [3.63, 3.8) is 0 Å². The standard InChI is InChI=1S/C28H38O3/c1-6-22-19-25(15-13-23(22)14-16-26(29)20(4)5)28(7-2,8-3)18-17-21-9-11-24(12-10-21)27(30)31/h9-20,26-27,29-31H,6-8H2,1-5H3. The van der Waals surface area contributed by atoms with Crippen molar-refractivity contribution in [2.24, 2.45) is 5.92 Å². The lowest BCUT2D eigenvalue weighted by Gasteiger charge is -2.30. The van der Waals surface area contributed by atoms with Crippen molar-refractivity contribution in [2.75, 3.05) is 0 Å². The Balaban J connectivity index is 2.36. The second-order valence-corrected chi connectivity index (χ2v) is 8.60. The predicted molar refractivity (Wildman–Crippen MR) is 131 cm³/mol. The molecule has 0 heterocycles. The first-order valence-electron chi connectivity index (χ1n) is 11.4. The van der Waals surface area contributed by atoms with Gasteiger partial charge < -0.3 is 15.3 Å². The Morgan fingerprint density at radius 3 is 2.03 bits per heavy atom. The van der Waals surface area contributed by atoms with Crippen LogP contribution < -0.4 is 0 Å². The molecule has 0 saturated carbocycles. The van der Waals surface area contributed by atoms with Crippen molar-refractivity contribution in [3.8, 4) is 0 Å². The molecule has 3 heteroatoms. The molecule has 0 radical (unpaired) electrons. The molecule has 3 N–H and O–H groups in total. The second-order valence-electron chi connectivity index (χ2n) is 8.60. The number of rotatable bonds is 10. The van der Waals surface area contributed by atoms with Crippen LogP contribution in [-0.2, 0) is 11.8 Å². The molecule has 168 valence electrons. The van der Waals surface area contributed by atoms with Crippen molar-refractivity contribution in [3.05, 3.63) is 82.4 Å². The largest absolute Gasteiger partial charge is 0.389 e. The normalized spacial score (nSPS) is 13.7. The topological polar surface area (TPSA) is 60.7 Å². The van der Waals surface area contributed by atoms with Gasteiger partial charge in [-0.05, 0) is 47.4 Å². The molecule has 2 rings (SSSR count). The van der Waals surface area contributed by atoms with Gasteiger partial charge in [0.25, 0.3) is 0 Å². The fourth-order valence-corrected chi connectivity index (χ4v) is 3.83. The average Bonchev–Trinajstić information content (AvgIpc) is 2.78. The molecule has 0 aliphatic heterocycles. The fraction of sp³-hybridized carbons (Fsp3) is 0.429. The summed E-state index contributed by atoms with van der Waals surface area (Å²) < 4.78 is 0. The van der Waals surface area contributed by atoms with Crippen LogP contribution in [0.15, 0.2) is 54.6 Å². The van der Waals surface area contributed by atoms with Crippen molar-refractivity contribution in [1.29, 1.82) is 0 Å². The summed E-state index contributed by atoms with van der Waals surface area (Å²) in [4.78, 5) is 0. The van der Waals surface area contributed by atoms with Gasteiger partial charge in [0.2, 0.25) is 0 Å². The van der Waals surface area contributed by atoms with Gasteiger partial charge in [0.05, 0.1) is 6.10 Å². The molecule has 31 heavy (non-hydrogen) atoms. The SMILES string of the molecule is CCc1cc(C(C=Cc2ccc(C(O)O)cc2)(CC)CC)ccc1C=CC(O)C(C)C. The van der Waals surface area contributed by atoms with E-state index in [4.69, 9.17) is 0 Å². The van der Waals surface area contributed by atoms with E-state index in [-0.39, 0.29) is 11.3 Å². The van der Waals surface area contributed by atoms with Crippen molar-refractivity contribution in [1.82, 2.24) is 0 Å². The molecule has 0 saturated heterocycles. The fourth-order valence-electron chi connectivity index (χ4n) is 3.83. The summed E-state index contributed by atoms with van der Waals surface area (Å²) in [6, 6.07) is 14.0. The summed E-state index contributed by atoms with van der Waals surface area (Å²) in [6.45, 7) is 10.6. The highest BCUT2D eigenvalue weighted by atomic mass is 16.5. The van der Waals surface area contributed by atoms with Gasteiger partial charge in [-0.1, -0.05) is 101 Å². The van der Waals surface area contributed by atoms with E-state index in [0.29, 0.717) is 5.56 Å². The zero-order chi connectivity index (χ0) is 23.0. The molecular weight excluding hydrogens is 384 g/mol. The van der Waals surface area contributed by atoms with Crippen LogP contribution in [0.4, 0.5) is 0 Å². The van der Waals surface area contributed by atoms with Crippen LogP contribution in [0.3, 0.4) is 0 Å². The third-order valence-electron chi connectivity index (χ3n) is 6.35. The molecule has 2 aromatic carbocycles. The third kappa shape index (κ3) is 6.39. The molecule has 0 aliphatic carbocycles. The van der Waals surface area contributed by atoms with Crippen LogP contribution >= 0.6 is 0 Å². The van der Waals surface area contributed by atoms with E-state index >= 15 is 0 Å². The number of hydrogen-bond acceptors (Lipinski definition) is 3. The summed E-state index contributed by atoms with van der Waals surface area (Å²) in [5, 5.41) is 28.7.